The standard InChI is InChI=1S/C22H47N.HNO3/c1-2-3-4-5-6-7-8-9-10-11-12-13-14-15-16-17-18-19-20-21-22-23;2-1(3)4/h2-23H2,1H3;(H,2,3,4). The van der Waals surface area contributed by atoms with Crippen molar-refractivity contribution < 1.29 is 10.3 Å². The third kappa shape index (κ3) is 36.8. The van der Waals surface area contributed by atoms with Gasteiger partial charge in [0.05, 0.1) is 0 Å². The van der Waals surface area contributed by atoms with Crippen molar-refractivity contribution in [3.8, 4) is 0 Å². The Kier molecular flexibility index (Phi) is 28.8. The van der Waals surface area contributed by atoms with Crippen molar-refractivity contribution in [3.05, 3.63) is 10.1 Å². The second kappa shape index (κ2) is 27.4. The molecule has 0 aromatic carbocycles. The molecule has 0 atom stereocenters. The normalized spacial score (nSPS) is 10.4. The Morgan fingerprint density at radius 2 is 0.778 bits per heavy atom. The van der Waals surface area contributed by atoms with E-state index in [1.54, 1.807) is 0 Å². The molecule has 0 amide bonds. The summed E-state index contributed by atoms with van der Waals surface area (Å²) in [6.45, 7) is 3.17. The van der Waals surface area contributed by atoms with Crippen LogP contribution >= 0.6 is 0 Å². The number of unbranched alkanes of at least 4 members (excludes halogenated alkanes) is 19. The minimum absolute atomic E-state index is 0.874. The Hall–Kier alpha value is -0.840. The molecule has 27 heavy (non-hydrogen) atoms. The maximum absolute atomic E-state index is 8.36. The first-order valence-corrected chi connectivity index (χ1v) is 11.7. The largest absolute Gasteiger partial charge is 0.330 e. The van der Waals surface area contributed by atoms with Gasteiger partial charge in [0.2, 0.25) is 0 Å². The van der Waals surface area contributed by atoms with Gasteiger partial charge < -0.3 is 10.9 Å². The summed E-state index contributed by atoms with van der Waals surface area (Å²) in [5.74, 6) is 0. The highest BCUT2D eigenvalue weighted by Gasteiger charge is 1.95. The molecule has 0 heterocycles. The minimum Gasteiger partial charge on any atom is -0.330 e. The van der Waals surface area contributed by atoms with E-state index in [0.717, 1.165) is 6.54 Å². The number of nitrogens with two attached hydrogens (primary N) is 1. The maximum Gasteiger partial charge on any atom is 0.291 e. The van der Waals surface area contributed by atoms with Gasteiger partial charge >= 0.3 is 0 Å². The Balaban J connectivity index is 0. The average molecular weight is 389 g/mol. The molecule has 0 spiro atoms. The van der Waals surface area contributed by atoms with Crippen LogP contribution in [0.25, 0.3) is 0 Å². The summed E-state index contributed by atoms with van der Waals surface area (Å²) in [5, 5.41) is 13.6. The molecule has 164 valence electrons. The van der Waals surface area contributed by atoms with Crippen LogP contribution in [-0.4, -0.2) is 16.8 Å². The average Bonchev–Trinajstić information content (AvgIpc) is 2.63. The van der Waals surface area contributed by atoms with Gasteiger partial charge in [-0.05, 0) is 13.0 Å². The van der Waals surface area contributed by atoms with Crippen molar-refractivity contribution in [3.63, 3.8) is 0 Å². The lowest BCUT2D eigenvalue weighted by molar-refractivity contribution is -0.742. The van der Waals surface area contributed by atoms with Gasteiger partial charge in [-0.3, -0.25) is 0 Å². The van der Waals surface area contributed by atoms with Crippen LogP contribution in [0.3, 0.4) is 0 Å². The molecule has 0 rings (SSSR count). The highest BCUT2D eigenvalue weighted by molar-refractivity contribution is 4.50. The number of hydrogen-bond donors (Lipinski definition) is 2. The molecule has 0 bridgehead atoms. The lowest BCUT2D eigenvalue weighted by atomic mass is 10.0. The van der Waals surface area contributed by atoms with Gasteiger partial charge in [-0.1, -0.05) is 129 Å². The third-order valence-electron chi connectivity index (χ3n) is 5.06. The molecule has 0 fully saturated rings. The smallest absolute Gasteiger partial charge is 0.291 e. The summed E-state index contributed by atoms with van der Waals surface area (Å²) in [5.41, 5.74) is 5.51. The first-order valence-electron chi connectivity index (χ1n) is 11.7. The molecule has 0 unspecified atom stereocenters. The molecular formula is C22H48N2O3. The van der Waals surface area contributed by atoms with Gasteiger partial charge in [-0.25, -0.2) is 0 Å². The van der Waals surface area contributed by atoms with E-state index in [-0.39, 0.29) is 0 Å². The van der Waals surface area contributed by atoms with Crippen LogP contribution in [0.15, 0.2) is 0 Å². The molecule has 5 heteroatoms. The predicted octanol–water partition coefficient (Wildman–Crippen LogP) is 7.42. The predicted molar refractivity (Wildman–Crippen MR) is 116 cm³/mol. The third-order valence-corrected chi connectivity index (χ3v) is 5.06. The van der Waals surface area contributed by atoms with Gasteiger partial charge in [0, 0.05) is 0 Å². The quantitative estimate of drug-likeness (QED) is 0.129. The zero-order valence-corrected chi connectivity index (χ0v) is 18.1. The van der Waals surface area contributed by atoms with Gasteiger partial charge in [-0.15, -0.1) is 10.1 Å². The van der Waals surface area contributed by atoms with Crippen molar-refractivity contribution in [1.82, 2.24) is 0 Å². The zero-order valence-electron chi connectivity index (χ0n) is 18.1. The SMILES string of the molecule is CCCCCCCCCCCCCCCCCCCCCCN.O=[N+]([O-])O. The molecule has 0 radical (unpaired) electrons. The van der Waals surface area contributed by atoms with Crippen molar-refractivity contribution in [2.75, 3.05) is 6.54 Å². The van der Waals surface area contributed by atoms with Crippen LogP contribution in [0.5, 0.6) is 0 Å². The maximum atomic E-state index is 8.36. The Labute approximate surface area is 168 Å². The van der Waals surface area contributed by atoms with Crippen molar-refractivity contribution in [2.45, 2.75) is 135 Å². The van der Waals surface area contributed by atoms with Crippen LogP contribution < -0.4 is 5.73 Å². The molecular weight excluding hydrogens is 340 g/mol. The summed E-state index contributed by atoms with van der Waals surface area (Å²) >= 11 is 0. The van der Waals surface area contributed by atoms with Gasteiger partial charge in [0.1, 0.15) is 0 Å². The first-order chi connectivity index (χ1) is 13.1. The molecule has 0 aliphatic rings. The summed E-state index contributed by atoms with van der Waals surface area (Å²) in [7, 11) is 0. The Morgan fingerprint density at radius 1 is 0.593 bits per heavy atom. The zero-order chi connectivity index (χ0) is 20.4. The second-order valence-electron chi connectivity index (χ2n) is 7.74. The molecule has 0 aliphatic carbocycles. The van der Waals surface area contributed by atoms with Gasteiger partial charge in [0.25, 0.3) is 5.09 Å². The van der Waals surface area contributed by atoms with Crippen molar-refractivity contribution in [2.24, 2.45) is 5.73 Å². The lowest BCUT2D eigenvalue weighted by Gasteiger charge is -2.04. The minimum atomic E-state index is -1.50. The molecule has 0 aromatic rings. The van der Waals surface area contributed by atoms with E-state index in [1.165, 1.54) is 128 Å². The fourth-order valence-electron chi connectivity index (χ4n) is 3.40. The van der Waals surface area contributed by atoms with E-state index in [4.69, 9.17) is 21.1 Å². The first kappa shape index (κ1) is 28.4. The van der Waals surface area contributed by atoms with Crippen LogP contribution in [0.1, 0.15) is 135 Å². The molecule has 3 N–H and O–H groups in total. The molecule has 0 saturated carbocycles. The van der Waals surface area contributed by atoms with E-state index >= 15 is 0 Å². The van der Waals surface area contributed by atoms with E-state index < -0.39 is 5.09 Å². The van der Waals surface area contributed by atoms with Crippen LogP contribution in [0, 0.1) is 10.1 Å². The summed E-state index contributed by atoms with van der Waals surface area (Å²) in [4.78, 5) is 8.36. The topological polar surface area (TPSA) is 89.4 Å². The van der Waals surface area contributed by atoms with E-state index in [0.29, 0.717) is 0 Å². The van der Waals surface area contributed by atoms with Crippen molar-refractivity contribution >= 4 is 0 Å². The highest BCUT2D eigenvalue weighted by atomic mass is 16.9. The molecule has 0 aliphatic heterocycles. The van der Waals surface area contributed by atoms with Crippen LogP contribution in [0.2, 0.25) is 0 Å². The molecule has 5 nitrogen and oxygen atoms in total. The lowest BCUT2D eigenvalue weighted by Crippen LogP contribution is -1.97. The van der Waals surface area contributed by atoms with Gasteiger partial charge in [0.15, 0.2) is 0 Å². The highest BCUT2D eigenvalue weighted by Crippen LogP contribution is 2.14. The van der Waals surface area contributed by atoms with E-state index in [9.17, 15) is 0 Å². The number of hydrogen-bond acceptors (Lipinski definition) is 3. The van der Waals surface area contributed by atoms with Gasteiger partial charge in [-0.2, -0.15) is 0 Å². The monoisotopic (exact) mass is 388 g/mol. The second-order valence-corrected chi connectivity index (χ2v) is 7.74. The number of nitrogens with zero attached hydrogens (tertiary/aromatic N) is 1. The number of rotatable bonds is 20. The fraction of sp³-hybridized carbons (Fsp3) is 1.00. The van der Waals surface area contributed by atoms with Crippen LogP contribution in [0.4, 0.5) is 0 Å². The van der Waals surface area contributed by atoms with Crippen molar-refractivity contribution in [1.29, 1.82) is 0 Å². The van der Waals surface area contributed by atoms with E-state index in [1.807, 2.05) is 0 Å². The Bertz CT molecular complexity index is 252. The summed E-state index contributed by atoms with van der Waals surface area (Å²) in [6.07, 6.45) is 28.8. The molecule has 0 saturated heterocycles. The van der Waals surface area contributed by atoms with E-state index in [2.05, 4.69) is 6.92 Å². The van der Waals surface area contributed by atoms with Crippen LogP contribution in [-0.2, 0) is 0 Å². The molecule has 0 aromatic heterocycles. The summed E-state index contributed by atoms with van der Waals surface area (Å²) in [6, 6.07) is 0. The Morgan fingerprint density at radius 3 is 0.963 bits per heavy atom. The summed E-state index contributed by atoms with van der Waals surface area (Å²) < 4.78 is 0. The fourth-order valence-corrected chi connectivity index (χ4v) is 3.40.